The molecule has 1 aromatic rings. The van der Waals surface area contributed by atoms with Gasteiger partial charge in [0.05, 0.1) is 5.56 Å². The fraction of sp³-hybridized carbons (Fsp3) is 0.200. The predicted molar refractivity (Wildman–Crippen MR) is 53.6 cm³/mol. The molecule has 0 aliphatic rings. The smallest absolute Gasteiger partial charge is 0.161 e. The zero-order valence-corrected chi connectivity index (χ0v) is 8.97. The van der Waals surface area contributed by atoms with Gasteiger partial charge < -0.3 is 0 Å². The van der Waals surface area contributed by atoms with E-state index in [2.05, 4.69) is 15.9 Å². The molecule has 3 heteroatoms. The number of halogens is 1. The summed E-state index contributed by atoms with van der Waals surface area (Å²) in [5, 5.41) is 8.82. The third-order valence-corrected chi connectivity index (χ3v) is 2.25. The second-order valence-electron chi connectivity index (χ2n) is 2.81. The van der Waals surface area contributed by atoms with Crippen molar-refractivity contribution in [2.24, 2.45) is 0 Å². The van der Waals surface area contributed by atoms with Crippen LogP contribution >= 0.6 is 15.9 Å². The Bertz CT molecular complexity index is 404. The van der Waals surface area contributed by atoms with Gasteiger partial charge in [0.15, 0.2) is 5.78 Å². The number of carbonyl (C=O) groups is 1. The summed E-state index contributed by atoms with van der Waals surface area (Å²) in [5.74, 6) is -0.0825. The largest absolute Gasteiger partial charge is 0.294 e. The van der Waals surface area contributed by atoms with Gasteiger partial charge in [-0.05, 0) is 31.5 Å². The third kappa shape index (κ3) is 1.96. The fourth-order valence-corrected chi connectivity index (χ4v) is 1.74. The highest BCUT2D eigenvalue weighted by atomic mass is 79.9. The van der Waals surface area contributed by atoms with Crippen LogP contribution in [0.5, 0.6) is 0 Å². The molecule has 0 bridgehead atoms. The van der Waals surface area contributed by atoms with Gasteiger partial charge in [-0.15, -0.1) is 0 Å². The van der Waals surface area contributed by atoms with Gasteiger partial charge in [0.2, 0.25) is 0 Å². The molecule has 0 atom stereocenters. The van der Waals surface area contributed by atoms with E-state index in [0.29, 0.717) is 11.1 Å². The molecule has 0 spiro atoms. The van der Waals surface area contributed by atoms with Crippen molar-refractivity contribution < 1.29 is 4.79 Å². The van der Waals surface area contributed by atoms with Crippen LogP contribution in [-0.2, 0) is 0 Å². The average Bonchev–Trinajstić information content (AvgIpc) is 2.02. The van der Waals surface area contributed by atoms with Crippen LogP contribution in [0.25, 0.3) is 0 Å². The number of nitriles is 1. The topological polar surface area (TPSA) is 40.9 Å². The Hall–Kier alpha value is -1.14. The quantitative estimate of drug-likeness (QED) is 0.706. The molecule has 0 amide bonds. The maximum absolute atomic E-state index is 11.2. The number of nitrogens with zero attached hydrogens (tertiary/aromatic N) is 1. The molecule has 0 N–H and O–H groups in total. The Labute approximate surface area is 85.3 Å². The first-order chi connectivity index (χ1) is 6.06. The summed E-state index contributed by atoms with van der Waals surface area (Å²) in [6.07, 6.45) is 0. The first kappa shape index (κ1) is 9.94. The van der Waals surface area contributed by atoms with Crippen molar-refractivity contribution in [2.75, 3.05) is 0 Å². The van der Waals surface area contributed by atoms with Gasteiger partial charge in [-0.3, -0.25) is 4.79 Å². The fourth-order valence-electron chi connectivity index (χ4n) is 1.17. The monoisotopic (exact) mass is 237 g/mol. The Morgan fingerprint density at radius 2 is 2.15 bits per heavy atom. The van der Waals surface area contributed by atoms with Crippen LogP contribution in [0.1, 0.15) is 28.4 Å². The van der Waals surface area contributed by atoms with Crippen molar-refractivity contribution in [2.45, 2.75) is 13.8 Å². The van der Waals surface area contributed by atoms with Crippen molar-refractivity contribution in [3.8, 4) is 6.07 Å². The predicted octanol–water partition coefficient (Wildman–Crippen LogP) is 2.83. The van der Waals surface area contributed by atoms with Gasteiger partial charge in [-0.1, -0.05) is 15.9 Å². The molecule has 1 rings (SSSR count). The minimum atomic E-state index is -0.0825. The Kier molecular flexibility index (Phi) is 2.84. The van der Waals surface area contributed by atoms with E-state index < -0.39 is 0 Å². The Balaban J connectivity index is 3.50. The van der Waals surface area contributed by atoms with Gasteiger partial charge in [-0.25, -0.2) is 0 Å². The number of hydrogen-bond acceptors (Lipinski definition) is 2. The maximum atomic E-state index is 11.2. The van der Waals surface area contributed by atoms with Gasteiger partial charge in [0, 0.05) is 10.0 Å². The molecule has 2 nitrogen and oxygen atoms in total. The summed E-state index contributed by atoms with van der Waals surface area (Å²) < 4.78 is 0.828. The standard InChI is InChI=1S/C10H8BrNO/c1-6-3-8(11)4-9(7(2)13)10(6)5-12/h3-4H,1-2H3. The number of Topliss-reactive ketones (excluding diaryl/α,β-unsaturated/α-hetero) is 1. The van der Waals surface area contributed by atoms with Crippen LogP contribution in [0.2, 0.25) is 0 Å². The molecule has 0 saturated heterocycles. The number of rotatable bonds is 1. The molecule has 0 radical (unpaired) electrons. The third-order valence-electron chi connectivity index (χ3n) is 1.79. The molecule has 1 aromatic carbocycles. The normalized spacial score (nSPS) is 9.38. The number of hydrogen-bond donors (Lipinski definition) is 0. The van der Waals surface area contributed by atoms with Gasteiger partial charge in [0.25, 0.3) is 0 Å². The van der Waals surface area contributed by atoms with Crippen molar-refractivity contribution >= 4 is 21.7 Å². The van der Waals surface area contributed by atoms with Crippen molar-refractivity contribution in [1.29, 1.82) is 5.26 Å². The molecule has 0 aromatic heterocycles. The molecular weight excluding hydrogens is 230 g/mol. The molecule has 0 aliphatic heterocycles. The lowest BCUT2D eigenvalue weighted by atomic mass is 10.0. The highest BCUT2D eigenvalue weighted by Crippen LogP contribution is 2.20. The average molecular weight is 238 g/mol. The first-order valence-electron chi connectivity index (χ1n) is 3.77. The van der Waals surface area contributed by atoms with E-state index in [1.165, 1.54) is 6.92 Å². The lowest BCUT2D eigenvalue weighted by molar-refractivity contribution is 0.101. The maximum Gasteiger partial charge on any atom is 0.161 e. The first-order valence-corrected chi connectivity index (χ1v) is 4.56. The van der Waals surface area contributed by atoms with Crippen molar-refractivity contribution in [3.63, 3.8) is 0 Å². The number of benzene rings is 1. The molecule has 0 heterocycles. The van der Waals surface area contributed by atoms with E-state index in [9.17, 15) is 4.79 Å². The summed E-state index contributed by atoms with van der Waals surface area (Å²) in [7, 11) is 0. The highest BCUT2D eigenvalue weighted by molar-refractivity contribution is 9.10. The molecule has 0 saturated carbocycles. The zero-order valence-electron chi connectivity index (χ0n) is 7.39. The molecule has 0 fully saturated rings. The number of ketones is 1. The molecule has 13 heavy (non-hydrogen) atoms. The van der Waals surface area contributed by atoms with Crippen molar-refractivity contribution in [3.05, 3.63) is 33.3 Å². The number of aryl methyl sites for hydroxylation is 1. The summed E-state index contributed by atoms with van der Waals surface area (Å²) in [6, 6.07) is 5.53. The highest BCUT2D eigenvalue weighted by Gasteiger charge is 2.10. The van der Waals surface area contributed by atoms with Crippen LogP contribution < -0.4 is 0 Å². The van der Waals surface area contributed by atoms with Gasteiger partial charge in [0.1, 0.15) is 6.07 Å². The summed E-state index contributed by atoms with van der Waals surface area (Å²) in [6.45, 7) is 3.28. The van der Waals surface area contributed by atoms with Crippen LogP contribution in [0.3, 0.4) is 0 Å². The lowest BCUT2D eigenvalue weighted by Gasteiger charge is -2.03. The Morgan fingerprint density at radius 1 is 1.54 bits per heavy atom. The Morgan fingerprint density at radius 3 is 2.62 bits per heavy atom. The second-order valence-corrected chi connectivity index (χ2v) is 3.73. The van der Waals surface area contributed by atoms with E-state index in [4.69, 9.17) is 5.26 Å². The summed E-state index contributed by atoms with van der Waals surface area (Å²) in [4.78, 5) is 11.2. The SMILES string of the molecule is CC(=O)c1cc(Br)cc(C)c1C#N. The minimum absolute atomic E-state index is 0.0825. The second kappa shape index (κ2) is 3.71. The summed E-state index contributed by atoms with van der Waals surface area (Å²) in [5.41, 5.74) is 1.77. The van der Waals surface area contributed by atoms with E-state index >= 15 is 0 Å². The van der Waals surface area contributed by atoms with E-state index in [1.807, 2.05) is 19.1 Å². The van der Waals surface area contributed by atoms with Crippen molar-refractivity contribution in [1.82, 2.24) is 0 Å². The van der Waals surface area contributed by atoms with Crippen LogP contribution in [0.4, 0.5) is 0 Å². The summed E-state index contributed by atoms with van der Waals surface area (Å²) >= 11 is 3.28. The molecular formula is C10H8BrNO. The van der Waals surface area contributed by atoms with Gasteiger partial charge >= 0.3 is 0 Å². The molecule has 0 unspecified atom stereocenters. The molecule has 66 valence electrons. The minimum Gasteiger partial charge on any atom is -0.294 e. The molecule has 0 aliphatic carbocycles. The van der Waals surface area contributed by atoms with E-state index in [0.717, 1.165) is 10.0 Å². The van der Waals surface area contributed by atoms with Crippen LogP contribution in [0.15, 0.2) is 16.6 Å². The van der Waals surface area contributed by atoms with Gasteiger partial charge in [-0.2, -0.15) is 5.26 Å². The zero-order chi connectivity index (χ0) is 10.0. The van der Waals surface area contributed by atoms with Crippen LogP contribution in [-0.4, -0.2) is 5.78 Å². The van der Waals surface area contributed by atoms with E-state index in [-0.39, 0.29) is 5.78 Å². The van der Waals surface area contributed by atoms with E-state index in [1.54, 1.807) is 6.07 Å². The lowest BCUT2D eigenvalue weighted by Crippen LogP contribution is -1.98. The van der Waals surface area contributed by atoms with Crippen LogP contribution in [0, 0.1) is 18.3 Å². The number of carbonyl (C=O) groups excluding carboxylic acids is 1.